The smallest absolute Gasteiger partial charge is 0.0224 e. The fourth-order valence-corrected chi connectivity index (χ4v) is 3.68. The Morgan fingerprint density at radius 2 is 2.11 bits per heavy atom. The number of hydrogen-bond donors (Lipinski definition) is 1. The molecule has 0 radical (unpaired) electrons. The molecule has 102 valence electrons. The van der Waals surface area contributed by atoms with Crippen molar-refractivity contribution in [2.45, 2.75) is 57.5 Å². The van der Waals surface area contributed by atoms with Gasteiger partial charge in [-0.05, 0) is 50.4 Å². The van der Waals surface area contributed by atoms with Crippen LogP contribution in [0.1, 0.15) is 45.4 Å². The highest BCUT2D eigenvalue weighted by atomic mass is 15.2. The van der Waals surface area contributed by atoms with Gasteiger partial charge in [-0.15, -0.1) is 0 Å². The van der Waals surface area contributed by atoms with Crippen molar-refractivity contribution in [2.24, 2.45) is 11.8 Å². The van der Waals surface area contributed by atoms with Gasteiger partial charge < -0.3 is 5.32 Å². The largest absolute Gasteiger partial charge is 0.311 e. The molecule has 2 aliphatic carbocycles. The second-order valence-electron chi connectivity index (χ2n) is 6.52. The molecule has 1 saturated heterocycles. The van der Waals surface area contributed by atoms with Crippen LogP contribution in [0, 0.1) is 11.8 Å². The van der Waals surface area contributed by atoms with E-state index in [1.807, 2.05) is 0 Å². The minimum Gasteiger partial charge on any atom is -0.311 e. The Labute approximate surface area is 112 Å². The molecule has 2 fully saturated rings. The van der Waals surface area contributed by atoms with Crippen molar-refractivity contribution in [2.75, 3.05) is 19.6 Å². The minimum atomic E-state index is 0.783. The molecule has 1 heterocycles. The van der Waals surface area contributed by atoms with Crippen LogP contribution in [-0.4, -0.2) is 36.6 Å². The third-order valence-corrected chi connectivity index (χ3v) is 5.10. The monoisotopic (exact) mass is 248 g/mol. The molecular weight excluding hydrogens is 220 g/mol. The first-order chi connectivity index (χ1) is 8.86. The number of piperazine rings is 1. The van der Waals surface area contributed by atoms with E-state index in [9.17, 15) is 0 Å². The summed E-state index contributed by atoms with van der Waals surface area (Å²) in [5, 5.41) is 3.79. The molecule has 18 heavy (non-hydrogen) atoms. The Kier molecular flexibility index (Phi) is 4.05. The van der Waals surface area contributed by atoms with Gasteiger partial charge in [0.2, 0.25) is 0 Å². The van der Waals surface area contributed by atoms with Gasteiger partial charge in [0.25, 0.3) is 0 Å². The van der Waals surface area contributed by atoms with Crippen molar-refractivity contribution >= 4 is 0 Å². The lowest BCUT2D eigenvalue weighted by Gasteiger charge is -2.42. The van der Waals surface area contributed by atoms with Gasteiger partial charge in [-0.25, -0.2) is 0 Å². The molecule has 0 bridgehead atoms. The van der Waals surface area contributed by atoms with Crippen molar-refractivity contribution in [3.05, 3.63) is 12.2 Å². The van der Waals surface area contributed by atoms with Gasteiger partial charge in [-0.3, -0.25) is 4.90 Å². The first-order valence-corrected chi connectivity index (χ1v) is 7.99. The van der Waals surface area contributed by atoms with Crippen molar-refractivity contribution in [3.63, 3.8) is 0 Å². The van der Waals surface area contributed by atoms with Crippen LogP contribution in [-0.2, 0) is 0 Å². The Bertz CT molecular complexity index is 295. The van der Waals surface area contributed by atoms with Crippen molar-refractivity contribution in [1.29, 1.82) is 0 Å². The van der Waals surface area contributed by atoms with Gasteiger partial charge in [0.15, 0.2) is 0 Å². The van der Waals surface area contributed by atoms with E-state index in [0.717, 1.165) is 23.9 Å². The Morgan fingerprint density at radius 3 is 2.78 bits per heavy atom. The molecule has 2 heteroatoms. The Morgan fingerprint density at radius 1 is 1.22 bits per heavy atom. The van der Waals surface area contributed by atoms with E-state index in [4.69, 9.17) is 0 Å². The van der Waals surface area contributed by atoms with Gasteiger partial charge in [0.1, 0.15) is 0 Å². The van der Waals surface area contributed by atoms with E-state index >= 15 is 0 Å². The molecular formula is C16H28N2. The normalized spacial score (nSPS) is 37.9. The fraction of sp³-hybridized carbons (Fsp3) is 0.875. The topological polar surface area (TPSA) is 15.3 Å². The van der Waals surface area contributed by atoms with Gasteiger partial charge in [0, 0.05) is 31.7 Å². The molecule has 1 saturated carbocycles. The summed E-state index contributed by atoms with van der Waals surface area (Å²) in [5.74, 6) is 1.92. The van der Waals surface area contributed by atoms with E-state index in [0.29, 0.717) is 0 Å². The maximum atomic E-state index is 3.79. The van der Waals surface area contributed by atoms with Crippen molar-refractivity contribution < 1.29 is 0 Å². The zero-order chi connectivity index (χ0) is 12.4. The highest BCUT2D eigenvalue weighted by Crippen LogP contribution is 2.35. The Balaban J connectivity index is 1.56. The zero-order valence-corrected chi connectivity index (χ0v) is 11.8. The number of rotatable bonds is 4. The van der Waals surface area contributed by atoms with Crippen molar-refractivity contribution in [1.82, 2.24) is 10.2 Å². The summed E-state index contributed by atoms with van der Waals surface area (Å²) < 4.78 is 0. The summed E-state index contributed by atoms with van der Waals surface area (Å²) >= 11 is 0. The quantitative estimate of drug-likeness (QED) is 0.770. The van der Waals surface area contributed by atoms with E-state index in [1.54, 1.807) is 0 Å². The van der Waals surface area contributed by atoms with Gasteiger partial charge in [-0.1, -0.05) is 19.1 Å². The van der Waals surface area contributed by atoms with E-state index < -0.39 is 0 Å². The summed E-state index contributed by atoms with van der Waals surface area (Å²) in [5.41, 5.74) is 0. The molecule has 0 aromatic rings. The second kappa shape index (κ2) is 5.75. The molecule has 3 atom stereocenters. The zero-order valence-electron chi connectivity index (χ0n) is 11.8. The maximum Gasteiger partial charge on any atom is 0.0224 e. The first kappa shape index (κ1) is 12.7. The lowest BCUT2D eigenvalue weighted by atomic mass is 9.92. The average Bonchev–Trinajstić information content (AvgIpc) is 3.24. The second-order valence-corrected chi connectivity index (χ2v) is 6.52. The SMILES string of the molecule is CCC1CNC(C2CC2)CN1CC1CC=CCC1. The van der Waals surface area contributed by atoms with Crippen LogP contribution in [0.4, 0.5) is 0 Å². The molecule has 1 N–H and O–H groups in total. The maximum absolute atomic E-state index is 3.79. The van der Waals surface area contributed by atoms with Gasteiger partial charge in [-0.2, -0.15) is 0 Å². The highest BCUT2D eigenvalue weighted by Gasteiger charge is 2.37. The summed E-state index contributed by atoms with van der Waals surface area (Å²) in [6.07, 6.45) is 13.0. The minimum absolute atomic E-state index is 0.783. The van der Waals surface area contributed by atoms with E-state index in [2.05, 4.69) is 29.3 Å². The third-order valence-electron chi connectivity index (χ3n) is 5.10. The molecule has 1 aliphatic heterocycles. The van der Waals surface area contributed by atoms with Crippen molar-refractivity contribution in [3.8, 4) is 0 Å². The standard InChI is InChI=1S/C16H28N2/c1-2-15-10-17-16(14-8-9-14)12-18(15)11-13-6-4-3-5-7-13/h3-4,13-17H,2,5-12H2,1H3. The number of allylic oxidation sites excluding steroid dienone is 2. The summed E-state index contributed by atoms with van der Waals surface area (Å²) in [6.45, 7) is 6.22. The molecule has 0 spiro atoms. The highest BCUT2D eigenvalue weighted by molar-refractivity contribution is 4.96. The number of nitrogens with zero attached hydrogens (tertiary/aromatic N) is 1. The molecule has 3 unspecified atom stereocenters. The average molecular weight is 248 g/mol. The molecule has 0 aromatic carbocycles. The summed E-state index contributed by atoms with van der Waals surface area (Å²) in [4.78, 5) is 2.81. The van der Waals surface area contributed by atoms with Crippen LogP contribution in [0.25, 0.3) is 0 Å². The van der Waals surface area contributed by atoms with Crippen LogP contribution in [0.15, 0.2) is 12.2 Å². The Hall–Kier alpha value is -0.340. The van der Waals surface area contributed by atoms with Crippen LogP contribution in [0.2, 0.25) is 0 Å². The summed E-state index contributed by atoms with van der Waals surface area (Å²) in [6, 6.07) is 1.58. The van der Waals surface area contributed by atoms with E-state index in [-0.39, 0.29) is 0 Å². The fourth-order valence-electron chi connectivity index (χ4n) is 3.68. The third kappa shape index (κ3) is 2.97. The number of nitrogens with one attached hydrogen (secondary N) is 1. The molecule has 0 aromatic heterocycles. The molecule has 3 aliphatic rings. The summed E-state index contributed by atoms with van der Waals surface area (Å²) in [7, 11) is 0. The van der Waals surface area contributed by atoms with E-state index in [1.165, 1.54) is 58.2 Å². The van der Waals surface area contributed by atoms with Gasteiger partial charge in [0.05, 0.1) is 0 Å². The van der Waals surface area contributed by atoms with Crippen LogP contribution < -0.4 is 5.32 Å². The molecule has 0 amide bonds. The predicted octanol–water partition coefficient (Wildman–Crippen LogP) is 2.81. The molecule has 2 nitrogen and oxygen atoms in total. The predicted molar refractivity (Wildman–Crippen MR) is 76.6 cm³/mol. The van der Waals surface area contributed by atoms with Crippen LogP contribution >= 0.6 is 0 Å². The lowest BCUT2D eigenvalue weighted by molar-refractivity contribution is 0.0979. The number of hydrogen-bond acceptors (Lipinski definition) is 2. The first-order valence-electron chi connectivity index (χ1n) is 7.99. The lowest BCUT2D eigenvalue weighted by Crippen LogP contribution is -2.57. The van der Waals surface area contributed by atoms with Crippen LogP contribution in [0.5, 0.6) is 0 Å². The van der Waals surface area contributed by atoms with Gasteiger partial charge >= 0.3 is 0 Å². The van der Waals surface area contributed by atoms with Crippen LogP contribution in [0.3, 0.4) is 0 Å². The molecule has 3 rings (SSSR count).